The van der Waals surface area contributed by atoms with Gasteiger partial charge in [-0.05, 0) is 30.9 Å². The van der Waals surface area contributed by atoms with E-state index >= 15 is 0 Å². The molecule has 2 unspecified atom stereocenters. The van der Waals surface area contributed by atoms with Crippen LogP contribution in [0, 0.1) is 5.92 Å². The van der Waals surface area contributed by atoms with Gasteiger partial charge in [-0.1, -0.05) is 37.4 Å². The molecule has 0 radical (unpaired) electrons. The van der Waals surface area contributed by atoms with E-state index in [1.54, 1.807) is 18.2 Å². The zero-order valence-electron chi connectivity index (χ0n) is 9.95. The van der Waals surface area contributed by atoms with Gasteiger partial charge in [0, 0.05) is 6.04 Å². The second-order valence-electron chi connectivity index (χ2n) is 4.79. The van der Waals surface area contributed by atoms with Gasteiger partial charge in [-0.3, -0.25) is 4.79 Å². The Morgan fingerprint density at radius 1 is 1.47 bits per heavy atom. The highest BCUT2D eigenvalue weighted by Crippen LogP contribution is 2.23. The van der Waals surface area contributed by atoms with E-state index in [-0.39, 0.29) is 11.9 Å². The van der Waals surface area contributed by atoms with Crippen LogP contribution in [0.4, 0.5) is 0 Å². The van der Waals surface area contributed by atoms with Crippen LogP contribution in [0.25, 0.3) is 0 Å². The van der Waals surface area contributed by atoms with Crippen molar-refractivity contribution in [2.45, 2.75) is 38.6 Å². The van der Waals surface area contributed by atoms with E-state index in [0.29, 0.717) is 16.8 Å². The molecule has 1 aliphatic rings. The molecule has 2 rings (SSSR count). The zero-order chi connectivity index (χ0) is 12.3. The number of aromatic nitrogens is 1. The number of pyridine rings is 1. The molecule has 1 N–H and O–H groups in total. The lowest BCUT2D eigenvalue weighted by Gasteiger charge is -2.27. The van der Waals surface area contributed by atoms with Crippen molar-refractivity contribution in [3.8, 4) is 0 Å². The van der Waals surface area contributed by atoms with E-state index in [2.05, 4.69) is 17.2 Å². The highest BCUT2D eigenvalue weighted by molar-refractivity contribution is 6.29. The Morgan fingerprint density at radius 2 is 2.29 bits per heavy atom. The lowest BCUT2D eigenvalue weighted by Crippen LogP contribution is -2.38. The minimum atomic E-state index is -0.119. The fraction of sp³-hybridized carbons (Fsp3) is 0.538. The number of amides is 1. The van der Waals surface area contributed by atoms with Crippen molar-refractivity contribution in [3.05, 3.63) is 29.0 Å². The molecule has 2 atom stereocenters. The molecule has 1 fully saturated rings. The predicted molar refractivity (Wildman–Crippen MR) is 68.1 cm³/mol. The van der Waals surface area contributed by atoms with E-state index in [1.165, 1.54) is 12.8 Å². The normalized spacial score (nSPS) is 24.4. The number of carbonyl (C=O) groups excluding carboxylic acids is 1. The van der Waals surface area contributed by atoms with Gasteiger partial charge < -0.3 is 5.32 Å². The summed E-state index contributed by atoms with van der Waals surface area (Å²) >= 11 is 5.76. The molecule has 0 aromatic carbocycles. The number of halogens is 1. The Balaban J connectivity index is 1.97. The van der Waals surface area contributed by atoms with Gasteiger partial charge in [0.25, 0.3) is 5.91 Å². The van der Waals surface area contributed by atoms with Crippen LogP contribution in [0.15, 0.2) is 18.2 Å². The number of rotatable bonds is 2. The second kappa shape index (κ2) is 5.50. The quantitative estimate of drug-likeness (QED) is 0.822. The van der Waals surface area contributed by atoms with Crippen LogP contribution in [0.3, 0.4) is 0 Å². The van der Waals surface area contributed by atoms with Gasteiger partial charge in [0.15, 0.2) is 0 Å². The first-order chi connectivity index (χ1) is 8.15. The number of nitrogens with one attached hydrogen (secondary N) is 1. The van der Waals surface area contributed by atoms with Gasteiger partial charge in [-0.25, -0.2) is 4.98 Å². The number of hydrogen-bond acceptors (Lipinski definition) is 2. The van der Waals surface area contributed by atoms with Crippen LogP contribution in [-0.4, -0.2) is 16.9 Å². The third-order valence-electron chi connectivity index (χ3n) is 3.22. The lowest BCUT2D eigenvalue weighted by molar-refractivity contribution is 0.0916. The molecule has 1 amide bonds. The van der Waals surface area contributed by atoms with E-state index in [1.807, 2.05) is 0 Å². The molecule has 3 nitrogen and oxygen atoms in total. The zero-order valence-corrected chi connectivity index (χ0v) is 10.7. The highest BCUT2D eigenvalue weighted by Gasteiger charge is 2.21. The number of carbonyl (C=O) groups is 1. The Kier molecular flexibility index (Phi) is 4.00. The number of hydrogen-bond donors (Lipinski definition) is 1. The van der Waals surface area contributed by atoms with Crippen molar-refractivity contribution in [2.24, 2.45) is 5.92 Å². The lowest BCUT2D eigenvalue weighted by atomic mass is 9.87. The van der Waals surface area contributed by atoms with E-state index in [0.717, 1.165) is 12.8 Å². The van der Waals surface area contributed by atoms with E-state index < -0.39 is 0 Å². The molecule has 0 spiro atoms. The smallest absolute Gasteiger partial charge is 0.270 e. The van der Waals surface area contributed by atoms with Gasteiger partial charge >= 0.3 is 0 Å². The second-order valence-corrected chi connectivity index (χ2v) is 5.17. The highest BCUT2D eigenvalue weighted by atomic mass is 35.5. The average Bonchev–Trinajstić information content (AvgIpc) is 2.29. The van der Waals surface area contributed by atoms with Crippen molar-refractivity contribution in [1.29, 1.82) is 0 Å². The van der Waals surface area contributed by atoms with Crippen LogP contribution >= 0.6 is 11.6 Å². The van der Waals surface area contributed by atoms with Crippen LogP contribution < -0.4 is 5.32 Å². The maximum atomic E-state index is 11.9. The molecule has 4 heteroatoms. The van der Waals surface area contributed by atoms with Crippen molar-refractivity contribution >= 4 is 17.5 Å². The largest absolute Gasteiger partial charge is 0.348 e. The van der Waals surface area contributed by atoms with E-state index in [4.69, 9.17) is 11.6 Å². The van der Waals surface area contributed by atoms with Gasteiger partial charge in [-0.15, -0.1) is 0 Å². The summed E-state index contributed by atoms with van der Waals surface area (Å²) in [6.07, 6.45) is 4.58. The summed E-state index contributed by atoms with van der Waals surface area (Å²) in [5.41, 5.74) is 0.399. The molecule has 17 heavy (non-hydrogen) atoms. The molecule has 0 aliphatic heterocycles. The van der Waals surface area contributed by atoms with Crippen molar-refractivity contribution in [3.63, 3.8) is 0 Å². The average molecular weight is 253 g/mol. The summed E-state index contributed by atoms with van der Waals surface area (Å²) in [7, 11) is 0. The molecule has 1 aromatic rings. The Morgan fingerprint density at radius 3 is 3.00 bits per heavy atom. The molecule has 0 saturated heterocycles. The minimum Gasteiger partial charge on any atom is -0.348 e. The Bertz CT molecular complexity index is 408. The fourth-order valence-corrected chi connectivity index (χ4v) is 2.52. The standard InChI is InChI=1S/C13H17ClN2O/c1-9-4-2-5-10(8-9)15-13(17)11-6-3-7-12(14)16-11/h3,6-7,9-10H,2,4-5,8H2,1H3,(H,15,17). The molecule has 1 saturated carbocycles. The Hall–Kier alpha value is -1.09. The Labute approximate surface area is 107 Å². The molecule has 92 valence electrons. The molecular formula is C13H17ClN2O. The van der Waals surface area contributed by atoms with Gasteiger partial charge in [0.05, 0.1) is 0 Å². The maximum Gasteiger partial charge on any atom is 0.270 e. The SMILES string of the molecule is CC1CCCC(NC(=O)c2cccc(Cl)n2)C1. The summed E-state index contributed by atoms with van der Waals surface area (Å²) in [5.74, 6) is 0.577. The predicted octanol–water partition coefficient (Wildman–Crippen LogP) is 3.04. The fourth-order valence-electron chi connectivity index (χ4n) is 2.36. The molecule has 0 bridgehead atoms. The molecular weight excluding hydrogens is 236 g/mol. The summed E-state index contributed by atoms with van der Waals surface area (Å²) in [5, 5.41) is 3.39. The van der Waals surface area contributed by atoms with Crippen LogP contribution in [0.5, 0.6) is 0 Å². The number of nitrogens with zero attached hydrogens (tertiary/aromatic N) is 1. The maximum absolute atomic E-state index is 11.9. The van der Waals surface area contributed by atoms with Crippen LogP contribution in [0.2, 0.25) is 5.15 Å². The molecule has 1 aromatic heterocycles. The first-order valence-corrected chi connectivity index (χ1v) is 6.46. The minimum absolute atomic E-state index is 0.119. The topological polar surface area (TPSA) is 42.0 Å². The summed E-state index contributed by atoms with van der Waals surface area (Å²) < 4.78 is 0. The molecule has 1 heterocycles. The van der Waals surface area contributed by atoms with E-state index in [9.17, 15) is 4.79 Å². The summed E-state index contributed by atoms with van der Waals surface area (Å²) in [4.78, 5) is 16.0. The first kappa shape index (κ1) is 12.4. The van der Waals surface area contributed by atoms with Gasteiger partial charge in [0.2, 0.25) is 0 Å². The first-order valence-electron chi connectivity index (χ1n) is 6.08. The van der Waals surface area contributed by atoms with Gasteiger partial charge in [0.1, 0.15) is 10.8 Å². The van der Waals surface area contributed by atoms with Crippen molar-refractivity contribution in [2.75, 3.05) is 0 Å². The molecule has 1 aliphatic carbocycles. The van der Waals surface area contributed by atoms with Crippen LogP contribution in [-0.2, 0) is 0 Å². The third-order valence-corrected chi connectivity index (χ3v) is 3.43. The summed E-state index contributed by atoms with van der Waals surface area (Å²) in [6, 6.07) is 5.38. The van der Waals surface area contributed by atoms with Crippen molar-refractivity contribution < 1.29 is 4.79 Å². The van der Waals surface area contributed by atoms with Crippen molar-refractivity contribution in [1.82, 2.24) is 10.3 Å². The van der Waals surface area contributed by atoms with Gasteiger partial charge in [-0.2, -0.15) is 0 Å². The monoisotopic (exact) mass is 252 g/mol. The van der Waals surface area contributed by atoms with Crippen LogP contribution in [0.1, 0.15) is 43.1 Å². The summed E-state index contributed by atoms with van der Waals surface area (Å²) in [6.45, 7) is 2.23. The third kappa shape index (κ3) is 3.43.